The lowest BCUT2D eigenvalue weighted by Crippen LogP contribution is -1.73. The third-order valence-electron chi connectivity index (χ3n) is 1.79. The molecule has 0 aliphatic rings. The quantitative estimate of drug-likeness (QED) is 0.610. The lowest BCUT2D eigenvalue weighted by Gasteiger charge is -1.95. The summed E-state index contributed by atoms with van der Waals surface area (Å²) >= 11 is 8.23. The molecule has 0 aliphatic heterocycles. The van der Waals surface area contributed by atoms with Crippen molar-refractivity contribution in [3.05, 3.63) is 26.6 Å². The van der Waals surface area contributed by atoms with Crippen molar-refractivity contribution in [2.45, 2.75) is 11.5 Å². The van der Waals surface area contributed by atoms with Crippen molar-refractivity contribution in [3.63, 3.8) is 0 Å². The number of rotatable bonds is 1. The molecule has 0 amide bonds. The molecule has 0 aliphatic carbocycles. The van der Waals surface area contributed by atoms with Crippen LogP contribution in [0.5, 0.6) is 0 Å². The Kier molecular flexibility index (Phi) is 2.83. The molecule has 68 valence electrons. The molecular formula is C9H7IOS2. The third-order valence-corrected chi connectivity index (χ3v) is 4.56. The van der Waals surface area contributed by atoms with Crippen LogP contribution in [0.2, 0.25) is 0 Å². The molecule has 0 fully saturated rings. The second-order valence-electron chi connectivity index (χ2n) is 2.71. The van der Waals surface area contributed by atoms with Gasteiger partial charge in [0.05, 0.1) is 6.61 Å². The van der Waals surface area contributed by atoms with Crippen molar-refractivity contribution in [2.75, 3.05) is 0 Å². The topological polar surface area (TPSA) is 20.2 Å². The van der Waals surface area contributed by atoms with Crippen molar-refractivity contribution in [3.8, 4) is 0 Å². The van der Waals surface area contributed by atoms with Crippen LogP contribution in [0.1, 0.15) is 4.88 Å². The fourth-order valence-corrected chi connectivity index (χ4v) is 2.90. The molecule has 1 aromatic heterocycles. The minimum absolute atomic E-state index is 0.123. The first kappa shape index (κ1) is 9.76. The van der Waals surface area contributed by atoms with Crippen LogP contribution in [0.3, 0.4) is 0 Å². The highest BCUT2D eigenvalue weighted by molar-refractivity contribution is 14.1. The molecule has 1 aromatic carbocycles. The molecule has 2 rings (SSSR count). The van der Waals surface area contributed by atoms with Crippen molar-refractivity contribution < 1.29 is 5.11 Å². The van der Waals surface area contributed by atoms with Gasteiger partial charge in [0.15, 0.2) is 0 Å². The van der Waals surface area contributed by atoms with E-state index in [4.69, 9.17) is 5.11 Å². The molecule has 0 unspecified atom stereocenters. The van der Waals surface area contributed by atoms with Crippen LogP contribution in [0.4, 0.5) is 0 Å². The molecule has 1 N–H and O–H groups in total. The molecule has 0 atom stereocenters. The van der Waals surface area contributed by atoms with Crippen LogP contribution in [0.15, 0.2) is 23.1 Å². The van der Waals surface area contributed by atoms with E-state index in [0.717, 1.165) is 13.3 Å². The van der Waals surface area contributed by atoms with E-state index >= 15 is 0 Å². The monoisotopic (exact) mass is 322 g/mol. The van der Waals surface area contributed by atoms with Crippen LogP contribution in [0, 0.1) is 3.57 Å². The zero-order valence-electron chi connectivity index (χ0n) is 6.62. The number of aliphatic hydroxyl groups excluding tert-OH is 1. The number of thiophene rings is 1. The summed E-state index contributed by atoms with van der Waals surface area (Å²) in [5.41, 5.74) is 0. The molecule has 1 nitrogen and oxygen atoms in total. The van der Waals surface area contributed by atoms with E-state index < -0.39 is 0 Å². The van der Waals surface area contributed by atoms with Gasteiger partial charge in [0, 0.05) is 18.0 Å². The van der Waals surface area contributed by atoms with Crippen LogP contribution in [-0.4, -0.2) is 5.11 Å². The third kappa shape index (κ3) is 1.86. The summed E-state index contributed by atoms with van der Waals surface area (Å²) in [6.45, 7) is 0.123. The largest absolute Gasteiger partial charge is 0.391 e. The summed E-state index contributed by atoms with van der Waals surface area (Å²) in [6.07, 6.45) is 0. The lowest BCUT2D eigenvalue weighted by molar-refractivity contribution is 0.285. The average Bonchev–Trinajstić information content (AvgIpc) is 2.48. The zero-order valence-corrected chi connectivity index (χ0v) is 10.5. The van der Waals surface area contributed by atoms with Crippen LogP contribution < -0.4 is 0 Å². The highest BCUT2D eigenvalue weighted by Crippen LogP contribution is 2.30. The van der Waals surface area contributed by atoms with E-state index in [1.165, 1.54) is 10.1 Å². The minimum atomic E-state index is 0.123. The van der Waals surface area contributed by atoms with Gasteiger partial charge in [-0.05, 0) is 46.2 Å². The van der Waals surface area contributed by atoms with Gasteiger partial charge in [0.1, 0.15) is 0 Å². The summed E-state index contributed by atoms with van der Waals surface area (Å²) in [5, 5.41) is 10.2. The van der Waals surface area contributed by atoms with E-state index in [1.54, 1.807) is 11.3 Å². The summed E-state index contributed by atoms with van der Waals surface area (Å²) < 4.78 is 2.34. The number of halogens is 1. The number of fused-ring (bicyclic) bond motifs is 1. The summed E-state index contributed by atoms with van der Waals surface area (Å²) in [6, 6.07) is 6.16. The number of hydrogen-bond acceptors (Lipinski definition) is 3. The predicted octanol–water partition coefficient (Wildman–Crippen LogP) is 3.29. The van der Waals surface area contributed by atoms with Gasteiger partial charge in [-0.15, -0.1) is 24.0 Å². The van der Waals surface area contributed by atoms with Gasteiger partial charge in [0.25, 0.3) is 0 Å². The van der Waals surface area contributed by atoms with Gasteiger partial charge in [-0.2, -0.15) is 0 Å². The van der Waals surface area contributed by atoms with Gasteiger partial charge in [0.2, 0.25) is 0 Å². The number of benzene rings is 1. The molecule has 1 heterocycles. The normalized spacial score (nSPS) is 11.0. The maximum Gasteiger partial charge on any atom is 0.0774 e. The average molecular weight is 322 g/mol. The van der Waals surface area contributed by atoms with Gasteiger partial charge >= 0.3 is 0 Å². The first-order chi connectivity index (χ1) is 6.20. The van der Waals surface area contributed by atoms with Crippen molar-refractivity contribution in [1.29, 1.82) is 0 Å². The van der Waals surface area contributed by atoms with Crippen molar-refractivity contribution in [1.82, 2.24) is 0 Å². The Hall–Kier alpha value is 0.220. The lowest BCUT2D eigenvalue weighted by atomic mass is 10.2. The van der Waals surface area contributed by atoms with Gasteiger partial charge < -0.3 is 5.11 Å². The van der Waals surface area contributed by atoms with Crippen LogP contribution in [0.25, 0.3) is 10.1 Å². The van der Waals surface area contributed by atoms with Crippen molar-refractivity contribution in [2.24, 2.45) is 0 Å². The summed E-state index contributed by atoms with van der Waals surface area (Å²) in [7, 11) is 0. The minimum Gasteiger partial charge on any atom is -0.391 e. The van der Waals surface area contributed by atoms with E-state index in [0.29, 0.717) is 0 Å². The Morgan fingerprint density at radius 2 is 2.15 bits per heavy atom. The fraction of sp³-hybridized carbons (Fsp3) is 0.111. The second kappa shape index (κ2) is 3.76. The molecule has 0 saturated heterocycles. The summed E-state index contributed by atoms with van der Waals surface area (Å²) in [4.78, 5) is 2.00. The predicted molar refractivity (Wildman–Crippen MR) is 67.7 cm³/mol. The maximum atomic E-state index is 8.97. The highest BCUT2D eigenvalue weighted by atomic mass is 127. The number of aliphatic hydroxyl groups is 1. The van der Waals surface area contributed by atoms with Crippen LogP contribution >= 0.6 is 46.6 Å². The highest BCUT2D eigenvalue weighted by Gasteiger charge is 2.03. The molecule has 0 bridgehead atoms. The Bertz CT molecular complexity index is 411. The first-order valence-corrected chi connectivity index (χ1v) is 6.07. The van der Waals surface area contributed by atoms with E-state index in [9.17, 15) is 0 Å². The number of hydrogen-bond donors (Lipinski definition) is 2. The Balaban J connectivity index is 2.70. The van der Waals surface area contributed by atoms with Crippen LogP contribution in [-0.2, 0) is 6.61 Å². The molecule has 2 aromatic rings. The zero-order chi connectivity index (χ0) is 9.42. The van der Waals surface area contributed by atoms with Gasteiger partial charge in [-0.3, -0.25) is 0 Å². The van der Waals surface area contributed by atoms with Gasteiger partial charge in [-0.1, -0.05) is 0 Å². The molecule has 0 radical (unpaired) electrons. The second-order valence-corrected chi connectivity index (χ2v) is 5.52. The Labute approximate surface area is 99.3 Å². The fourth-order valence-electron chi connectivity index (χ4n) is 1.18. The molecule has 13 heavy (non-hydrogen) atoms. The van der Waals surface area contributed by atoms with E-state index in [2.05, 4.69) is 41.3 Å². The van der Waals surface area contributed by atoms with Crippen molar-refractivity contribution >= 4 is 56.6 Å². The molecule has 0 saturated carbocycles. The smallest absolute Gasteiger partial charge is 0.0774 e. The Morgan fingerprint density at radius 1 is 1.38 bits per heavy atom. The maximum absolute atomic E-state index is 8.97. The molecule has 0 spiro atoms. The summed E-state index contributed by atoms with van der Waals surface area (Å²) in [5.74, 6) is 0. The number of thiol groups is 1. The standard InChI is InChI=1S/C9H7IOS2/c10-7-2-5-1-6(4-11)13-9(5)3-8(7)12/h1-3,11-12H,4H2. The van der Waals surface area contributed by atoms with E-state index in [-0.39, 0.29) is 6.61 Å². The molecule has 4 heteroatoms. The molecular weight excluding hydrogens is 315 g/mol. The first-order valence-electron chi connectivity index (χ1n) is 3.72. The Morgan fingerprint density at radius 3 is 2.85 bits per heavy atom. The SMILES string of the molecule is OCc1cc2cc(I)c(S)cc2s1. The van der Waals surface area contributed by atoms with Gasteiger partial charge in [-0.25, -0.2) is 0 Å². The van der Waals surface area contributed by atoms with E-state index in [1.807, 2.05) is 12.1 Å².